The van der Waals surface area contributed by atoms with E-state index in [1.54, 1.807) is 6.07 Å². The number of carbonyl (C=O) groups is 1. The first-order valence-corrected chi connectivity index (χ1v) is 5.77. The molecule has 0 aliphatic rings. The summed E-state index contributed by atoms with van der Waals surface area (Å²) >= 11 is 3.20. The molecule has 88 valence electrons. The van der Waals surface area contributed by atoms with E-state index in [1.165, 1.54) is 12.1 Å². The molecule has 0 bridgehead atoms. The standard InChI is InChI=1S/C11H13BrFNO2/c1-2-5-14-11(15)7-16-10-6-8(12)3-4-9(10)13/h3-4,6H,2,5,7H2,1H3,(H,14,15). The first kappa shape index (κ1) is 13.0. The molecule has 0 radical (unpaired) electrons. The first-order chi connectivity index (χ1) is 7.63. The van der Waals surface area contributed by atoms with Crippen molar-refractivity contribution in [2.45, 2.75) is 13.3 Å². The third kappa shape index (κ3) is 4.18. The van der Waals surface area contributed by atoms with E-state index in [4.69, 9.17) is 4.74 Å². The second-order valence-corrected chi connectivity index (χ2v) is 4.13. The minimum atomic E-state index is -0.480. The molecule has 3 nitrogen and oxygen atoms in total. The predicted molar refractivity (Wildman–Crippen MR) is 62.9 cm³/mol. The summed E-state index contributed by atoms with van der Waals surface area (Å²) in [6, 6.07) is 4.34. The summed E-state index contributed by atoms with van der Waals surface area (Å²) in [6.45, 7) is 2.38. The zero-order chi connectivity index (χ0) is 12.0. The van der Waals surface area contributed by atoms with Crippen LogP contribution >= 0.6 is 15.9 Å². The molecule has 1 amide bonds. The summed E-state index contributed by atoms with van der Waals surface area (Å²) < 4.78 is 19.0. The summed E-state index contributed by atoms with van der Waals surface area (Å²) in [5.74, 6) is -0.659. The molecule has 0 fully saturated rings. The summed E-state index contributed by atoms with van der Waals surface area (Å²) in [4.78, 5) is 11.2. The number of halogens is 2. The Hall–Kier alpha value is -1.10. The molecular weight excluding hydrogens is 277 g/mol. The van der Waals surface area contributed by atoms with Crippen LogP contribution in [0.1, 0.15) is 13.3 Å². The van der Waals surface area contributed by atoms with Crippen molar-refractivity contribution in [2.75, 3.05) is 13.2 Å². The fourth-order valence-electron chi connectivity index (χ4n) is 1.05. The zero-order valence-electron chi connectivity index (χ0n) is 8.93. The van der Waals surface area contributed by atoms with Gasteiger partial charge in [-0.05, 0) is 24.6 Å². The van der Waals surface area contributed by atoms with Crippen LogP contribution in [0.5, 0.6) is 5.75 Å². The lowest BCUT2D eigenvalue weighted by Crippen LogP contribution is -2.29. The zero-order valence-corrected chi connectivity index (χ0v) is 10.5. The smallest absolute Gasteiger partial charge is 0.257 e. The van der Waals surface area contributed by atoms with Gasteiger partial charge in [0.2, 0.25) is 0 Å². The molecule has 1 aromatic carbocycles. The average molecular weight is 290 g/mol. The molecule has 0 spiro atoms. The number of benzene rings is 1. The maximum Gasteiger partial charge on any atom is 0.257 e. The Labute approximate surface area is 102 Å². The Morgan fingerprint density at radius 3 is 3.00 bits per heavy atom. The highest BCUT2D eigenvalue weighted by Crippen LogP contribution is 2.21. The van der Waals surface area contributed by atoms with Crippen molar-refractivity contribution >= 4 is 21.8 Å². The molecule has 5 heteroatoms. The SMILES string of the molecule is CCCNC(=O)COc1cc(Br)ccc1F. The topological polar surface area (TPSA) is 38.3 Å². The van der Waals surface area contributed by atoms with Crippen molar-refractivity contribution in [3.63, 3.8) is 0 Å². The van der Waals surface area contributed by atoms with Gasteiger partial charge in [-0.3, -0.25) is 4.79 Å². The van der Waals surface area contributed by atoms with E-state index in [2.05, 4.69) is 21.2 Å². The summed E-state index contributed by atoms with van der Waals surface area (Å²) in [5.41, 5.74) is 0. The van der Waals surface area contributed by atoms with Crippen LogP contribution in [0.2, 0.25) is 0 Å². The highest BCUT2D eigenvalue weighted by Gasteiger charge is 2.06. The maximum absolute atomic E-state index is 13.2. The van der Waals surface area contributed by atoms with Crippen LogP contribution < -0.4 is 10.1 Å². The lowest BCUT2D eigenvalue weighted by Gasteiger charge is -2.07. The Morgan fingerprint density at radius 2 is 2.31 bits per heavy atom. The van der Waals surface area contributed by atoms with Gasteiger partial charge in [0.1, 0.15) is 0 Å². The quantitative estimate of drug-likeness (QED) is 0.904. The first-order valence-electron chi connectivity index (χ1n) is 4.98. The maximum atomic E-state index is 13.2. The van der Waals surface area contributed by atoms with Crippen LogP contribution in [0, 0.1) is 5.82 Å². The summed E-state index contributed by atoms with van der Waals surface area (Å²) in [6.07, 6.45) is 0.858. The number of amides is 1. The van der Waals surface area contributed by atoms with Gasteiger partial charge in [-0.1, -0.05) is 22.9 Å². The van der Waals surface area contributed by atoms with Crippen molar-refractivity contribution < 1.29 is 13.9 Å². The van der Waals surface area contributed by atoms with E-state index in [0.717, 1.165) is 6.42 Å². The monoisotopic (exact) mass is 289 g/mol. The van der Waals surface area contributed by atoms with Crippen molar-refractivity contribution in [1.82, 2.24) is 5.32 Å². The minimum Gasteiger partial charge on any atom is -0.481 e. The van der Waals surface area contributed by atoms with E-state index >= 15 is 0 Å². The summed E-state index contributed by atoms with van der Waals surface area (Å²) in [5, 5.41) is 2.64. The van der Waals surface area contributed by atoms with Crippen LogP contribution in [-0.4, -0.2) is 19.1 Å². The Bertz CT molecular complexity index is 371. The van der Waals surface area contributed by atoms with Gasteiger partial charge in [-0.15, -0.1) is 0 Å². The third-order valence-electron chi connectivity index (χ3n) is 1.82. The lowest BCUT2D eigenvalue weighted by atomic mass is 10.3. The summed E-state index contributed by atoms with van der Waals surface area (Å²) in [7, 11) is 0. The van der Waals surface area contributed by atoms with Crippen molar-refractivity contribution in [2.24, 2.45) is 0 Å². The van der Waals surface area contributed by atoms with Crippen molar-refractivity contribution in [3.05, 3.63) is 28.5 Å². The van der Waals surface area contributed by atoms with Crippen LogP contribution in [0.25, 0.3) is 0 Å². The molecule has 0 heterocycles. The normalized spacial score (nSPS) is 9.94. The molecule has 0 aliphatic carbocycles. The molecule has 1 aromatic rings. The Morgan fingerprint density at radius 1 is 1.56 bits per heavy atom. The van der Waals surface area contributed by atoms with E-state index < -0.39 is 5.82 Å². The van der Waals surface area contributed by atoms with Crippen LogP contribution in [-0.2, 0) is 4.79 Å². The highest BCUT2D eigenvalue weighted by molar-refractivity contribution is 9.10. The van der Waals surface area contributed by atoms with Gasteiger partial charge < -0.3 is 10.1 Å². The second-order valence-electron chi connectivity index (χ2n) is 3.21. The molecule has 1 rings (SSSR count). The number of carbonyl (C=O) groups excluding carboxylic acids is 1. The van der Waals surface area contributed by atoms with Gasteiger partial charge in [-0.25, -0.2) is 4.39 Å². The minimum absolute atomic E-state index is 0.0704. The van der Waals surface area contributed by atoms with Crippen LogP contribution in [0.15, 0.2) is 22.7 Å². The van der Waals surface area contributed by atoms with Crippen LogP contribution in [0.3, 0.4) is 0 Å². The van der Waals surface area contributed by atoms with Crippen molar-refractivity contribution in [3.8, 4) is 5.75 Å². The molecule has 0 atom stereocenters. The average Bonchev–Trinajstić information content (AvgIpc) is 2.27. The van der Waals surface area contributed by atoms with Crippen LogP contribution in [0.4, 0.5) is 4.39 Å². The number of nitrogens with one attached hydrogen (secondary N) is 1. The van der Waals surface area contributed by atoms with Gasteiger partial charge in [0.25, 0.3) is 5.91 Å². The Balaban J connectivity index is 2.47. The van der Waals surface area contributed by atoms with Gasteiger partial charge in [0.15, 0.2) is 18.2 Å². The van der Waals surface area contributed by atoms with Gasteiger partial charge >= 0.3 is 0 Å². The molecule has 0 unspecified atom stereocenters. The van der Waals surface area contributed by atoms with Crippen molar-refractivity contribution in [1.29, 1.82) is 0 Å². The fourth-order valence-corrected chi connectivity index (χ4v) is 1.39. The molecule has 0 aliphatic heterocycles. The lowest BCUT2D eigenvalue weighted by molar-refractivity contribution is -0.123. The molecule has 1 N–H and O–H groups in total. The number of rotatable bonds is 5. The second kappa shape index (κ2) is 6.48. The molecule has 0 saturated heterocycles. The molecule has 0 aromatic heterocycles. The molecule has 16 heavy (non-hydrogen) atoms. The number of hydrogen-bond donors (Lipinski definition) is 1. The largest absolute Gasteiger partial charge is 0.481 e. The van der Waals surface area contributed by atoms with E-state index in [0.29, 0.717) is 11.0 Å². The predicted octanol–water partition coefficient (Wildman–Crippen LogP) is 2.49. The van der Waals surface area contributed by atoms with E-state index in [9.17, 15) is 9.18 Å². The van der Waals surface area contributed by atoms with Gasteiger partial charge in [0.05, 0.1) is 0 Å². The molecule has 0 saturated carbocycles. The van der Waals surface area contributed by atoms with Gasteiger partial charge in [0, 0.05) is 11.0 Å². The molecular formula is C11H13BrFNO2. The van der Waals surface area contributed by atoms with E-state index in [1.807, 2.05) is 6.92 Å². The third-order valence-corrected chi connectivity index (χ3v) is 2.32. The number of hydrogen-bond acceptors (Lipinski definition) is 2. The van der Waals surface area contributed by atoms with Gasteiger partial charge in [-0.2, -0.15) is 0 Å². The Kier molecular flexibility index (Phi) is 5.25. The highest BCUT2D eigenvalue weighted by atomic mass is 79.9. The van der Waals surface area contributed by atoms with E-state index in [-0.39, 0.29) is 18.3 Å². The fraction of sp³-hybridized carbons (Fsp3) is 0.364. The number of ether oxygens (including phenoxy) is 1.